The molecule has 11 heteroatoms. The van der Waals surface area contributed by atoms with Gasteiger partial charge in [-0.2, -0.15) is 0 Å². The second-order valence-corrected chi connectivity index (χ2v) is 14.0. The molecule has 51 heavy (non-hydrogen) atoms. The maximum absolute atomic E-state index is 14.0. The third-order valence-electron chi connectivity index (χ3n) is 10.6. The van der Waals surface area contributed by atoms with Gasteiger partial charge in [-0.1, -0.05) is 41.9 Å². The van der Waals surface area contributed by atoms with E-state index >= 15 is 0 Å². The molecule has 0 bridgehead atoms. The van der Waals surface area contributed by atoms with Gasteiger partial charge in [0.05, 0.1) is 38.9 Å². The van der Waals surface area contributed by atoms with Crippen LogP contribution in [0, 0.1) is 0 Å². The van der Waals surface area contributed by atoms with Gasteiger partial charge in [-0.15, -0.1) is 0 Å². The summed E-state index contributed by atoms with van der Waals surface area (Å²) in [5, 5.41) is 4.50. The minimum Gasteiger partial charge on any atom is -0.493 e. The van der Waals surface area contributed by atoms with E-state index in [4.69, 9.17) is 30.8 Å². The number of para-hydroxylation sites is 2. The number of imidazole rings is 1. The van der Waals surface area contributed by atoms with Crippen LogP contribution < -0.4 is 19.5 Å². The molecule has 7 rings (SSSR count). The molecule has 2 saturated heterocycles. The molecule has 0 spiro atoms. The van der Waals surface area contributed by atoms with Gasteiger partial charge in [-0.3, -0.25) is 9.78 Å². The normalized spacial score (nSPS) is 18.2. The highest BCUT2D eigenvalue weighted by molar-refractivity contribution is 6.30. The van der Waals surface area contributed by atoms with Crippen LogP contribution in [0.1, 0.15) is 47.2 Å². The van der Waals surface area contributed by atoms with Crippen LogP contribution in [-0.4, -0.2) is 90.3 Å². The van der Waals surface area contributed by atoms with E-state index in [2.05, 4.69) is 56.2 Å². The van der Waals surface area contributed by atoms with Crippen molar-refractivity contribution in [1.82, 2.24) is 24.3 Å². The van der Waals surface area contributed by atoms with Gasteiger partial charge >= 0.3 is 0 Å². The number of anilines is 1. The van der Waals surface area contributed by atoms with Crippen LogP contribution in [0.3, 0.4) is 0 Å². The molecule has 3 aromatic carbocycles. The number of benzene rings is 3. The number of rotatable bonds is 12. The highest BCUT2D eigenvalue weighted by atomic mass is 35.5. The smallest absolute Gasteiger partial charge is 0.254 e. The number of halogens is 1. The summed E-state index contributed by atoms with van der Waals surface area (Å²) in [6, 6.07) is 24.4. The Hall–Kier alpha value is -4.80. The van der Waals surface area contributed by atoms with Gasteiger partial charge in [-0.25, -0.2) is 4.98 Å². The highest BCUT2D eigenvalue weighted by Crippen LogP contribution is 2.42. The van der Waals surface area contributed by atoms with Crippen molar-refractivity contribution in [3.05, 3.63) is 107 Å². The summed E-state index contributed by atoms with van der Waals surface area (Å²) in [6.07, 6.45) is 7.58. The van der Waals surface area contributed by atoms with Crippen molar-refractivity contribution in [1.29, 1.82) is 0 Å². The summed E-state index contributed by atoms with van der Waals surface area (Å²) >= 11 is 6.33. The van der Waals surface area contributed by atoms with Crippen LogP contribution >= 0.6 is 11.6 Å². The summed E-state index contributed by atoms with van der Waals surface area (Å²) in [6.45, 7) is 4.92. The van der Waals surface area contributed by atoms with E-state index in [0.717, 1.165) is 67.9 Å². The number of carbonyl (C=O) groups is 1. The Morgan fingerprint density at radius 3 is 2.37 bits per heavy atom. The fourth-order valence-corrected chi connectivity index (χ4v) is 7.82. The molecule has 4 heterocycles. The number of carbonyl (C=O) groups excluding carboxylic acids is 1. The Morgan fingerprint density at radius 1 is 0.941 bits per heavy atom. The Labute approximate surface area is 304 Å². The van der Waals surface area contributed by atoms with E-state index in [0.29, 0.717) is 53.5 Å². The number of aromatic nitrogens is 3. The van der Waals surface area contributed by atoms with Gasteiger partial charge in [0, 0.05) is 60.6 Å². The summed E-state index contributed by atoms with van der Waals surface area (Å²) in [5.74, 6) is 2.25. The fraction of sp³-hybridized carbons (Fsp3) is 0.375. The van der Waals surface area contributed by atoms with Crippen molar-refractivity contribution < 1.29 is 19.0 Å². The molecule has 2 fully saturated rings. The molecule has 266 valence electrons. The lowest BCUT2D eigenvalue weighted by Crippen LogP contribution is -2.42. The lowest BCUT2D eigenvalue weighted by atomic mass is 9.76. The molecule has 1 atom stereocenters. The largest absolute Gasteiger partial charge is 0.493 e. The number of nitrogens with one attached hydrogen (secondary N) is 1. The number of likely N-dealkylation sites (tertiary alicyclic amines) is 2. The molecule has 2 aromatic heterocycles. The molecule has 10 nitrogen and oxygen atoms in total. The van der Waals surface area contributed by atoms with Crippen molar-refractivity contribution >= 4 is 34.5 Å². The van der Waals surface area contributed by atoms with Crippen LogP contribution in [0.2, 0.25) is 5.02 Å². The lowest BCUT2D eigenvalue weighted by Gasteiger charge is -2.36. The molecule has 1 N–H and O–H groups in total. The van der Waals surface area contributed by atoms with Crippen molar-refractivity contribution in [2.24, 2.45) is 0 Å². The number of amides is 1. The predicted molar refractivity (Wildman–Crippen MR) is 201 cm³/mol. The first-order chi connectivity index (χ1) is 24.9. The molecule has 0 saturated carbocycles. The van der Waals surface area contributed by atoms with Gasteiger partial charge in [0.25, 0.3) is 5.91 Å². The van der Waals surface area contributed by atoms with Crippen molar-refractivity contribution in [2.75, 3.05) is 59.4 Å². The Kier molecular flexibility index (Phi) is 10.3. The Morgan fingerprint density at radius 2 is 1.69 bits per heavy atom. The summed E-state index contributed by atoms with van der Waals surface area (Å²) in [4.78, 5) is 27.8. The molecule has 5 aromatic rings. The average Bonchev–Trinajstić information content (AvgIpc) is 3.76. The minimum atomic E-state index is -0.187. The SMILES string of the molecule is COc1cc(C(=O)N2CCC(CCN3CCC(Nc4nc5ccccc5n4Cc4cccnc4)CC3)(c3ccc(Cl)cc3)C2)cc(OC)c1OC. The zero-order valence-electron chi connectivity index (χ0n) is 29.5. The molecular formula is C40H45ClN6O4. The van der Waals surface area contributed by atoms with Gasteiger partial charge in [0.2, 0.25) is 11.7 Å². The fourth-order valence-electron chi connectivity index (χ4n) is 7.70. The number of fused-ring (bicyclic) bond motifs is 1. The summed E-state index contributed by atoms with van der Waals surface area (Å²) in [5.41, 5.74) is 4.79. The first-order valence-electron chi connectivity index (χ1n) is 17.6. The van der Waals surface area contributed by atoms with Gasteiger partial charge in [0.1, 0.15) is 0 Å². The van der Waals surface area contributed by atoms with Crippen molar-refractivity contribution in [3.8, 4) is 17.2 Å². The lowest BCUT2D eigenvalue weighted by molar-refractivity contribution is 0.0779. The van der Waals surface area contributed by atoms with Crippen LogP contribution in [0.5, 0.6) is 17.2 Å². The van der Waals surface area contributed by atoms with Crippen LogP contribution in [0.15, 0.2) is 85.2 Å². The molecule has 0 aliphatic carbocycles. The molecule has 1 amide bonds. The van der Waals surface area contributed by atoms with Crippen LogP contribution in [-0.2, 0) is 12.0 Å². The maximum Gasteiger partial charge on any atom is 0.254 e. The quantitative estimate of drug-likeness (QED) is 0.150. The maximum atomic E-state index is 14.0. The number of hydrogen-bond acceptors (Lipinski definition) is 8. The first kappa shape index (κ1) is 34.6. The number of nitrogens with zero attached hydrogens (tertiary/aromatic N) is 5. The first-order valence-corrected chi connectivity index (χ1v) is 18.0. The monoisotopic (exact) mass is 708 g/mol. The number of hydrogen-bond donors (Lipinski definition) is 1. The van der Waals surface area contributed by atoms with Gasteiger partial charge in [0.15, 0.2) is 11.5 Å². The van der Waals surface area contributed by atoms with E-state index in [1.165, 1.54) is 5.56 Å². The summed E-state index contributed by atoms with van der Waals surface area (Å²) < 4.78 is 18.8. The summed E-state index contributed by atoms with van der Waals surface area (Å²) in [7, 11) is 4.68. The van der Waals surface area contributed by atoms with E-state index in [1.807, 2.05) is 35.4 Å². The second kappa shape index (κ2) is 15.2. The van der Waals surface area contributed by atoms with E-state index in [-0.39, 0.29) is 11.3 Å². The average molecular weight is 709 g/mol. The number of piperidine rings is 1. The van der Waals surface area contributed by atoms with Crippen molar-refractivity contribution in [2.45, 2.75) is 43.7 Å². The Bertz CT molecular complexity index is 1940. The van der Waals surface area contributed by atoms with Gasteiger partial charge in [-0.05, 0) is 85.8 Å². The third kappa shape index (κ3) is 7.34. The molecular weight excluding hydrogens is 664 g/mol. The number of methoxy groups -OCH3 is 3. The second-order valence-electron chi connectivity index (χ2n) is 13.6. The van der Waals surface area contributed by atoms with E-state index in [1.54, 1.807) is 39.7 Å². The minimum absolute atomic E-state index is 0.0495. The zero-order chi connectivity index (χ0) is 35.4. The topological polar surface area (TPSA) is 94.0 Å². The Balaban J connectivity index is 1.02. The van der Waals surface area contributed by atoms with Crippen LogP contribution in [0.4, 0.5) is 5.95 Å². The molecule has 0 radical (unpaired) electrons. The number of pyridine rings is 1. The molecule has 1 unspecified atom stereocenters. The van der Waals surface area contributed by atoms with Crippen LogP contribution in [0.25, 0.3) is 11.0 Å². The van der Waals surface area contributed by atoms with E-state index in [9.17, 15) is 4.79 Å². The van der Waals surface area contributed by atoms with Crippen molar-refractivity contribution in [3.63, 3.8) is 0 Å². The molecule has 2 aliphatic heterocycles. The zero-order valence-corrected chi connectivity index (χ0v) is 30.2. The number of ether oxygens (including phenoxy) is 3. The standard InChI is InChI=1S/C40H45ClN6O4/c1-49-35-23-29(24-36(50-2)37(35)51-3)38(48)46-22-17-40(27-46,30-10-12-31(41)13-11-30)16-21-45-19-14-32(15-20-45)43-39-44-33-8-4-5-9-34(33)47(39)26-28-7-6-18-42-25-28/h4-13,18,23-25,32H,14-17,19-22,26-27H2,1-3H3,(H,43,44). The third-order valence-corrected chi connectivity index (χ3v) is 10.8. The highest BCUT2D eigenvalue weighted by Gasteiger charge is 2.42. The molecule has 2 aliphatic rings. The predicted octanol–water partition coefficient (Wildman–Crippen LogP) is 6.91. The van der Waals surface area contributed by atoms with Gasteiger partial charge < -0.3 is 33.9 Å². The van der Waals surface area contributed by atoms with E-state index < -0.39 is 0 Å².